The Kier molecular flexibility index (Phi) is 4.74. The minimum atomic E-state index is -1.02. The number of hydrogen-bond donors (Lipinski definition) is 1. The lowest BCUT2D eigenvalue weighted by Crippen LogP contribution is -2.48. The summed E-state index contributed by atoms with van der Waals surface area (Å²) in [5.74, 6) is -1.31. The van der Waals surface area contributed by atoms with Gasteiger partial charge in [0.15, 0.2) is 0 Å². The molecule has 0 aliphatic heterocycles. The first-order valence-electron chi connectivity index (χ1n) is 5.93. The van der Waals surface area contributed by atoms with E-state index in [-0.39, 0.29) is 12.5 Å². The third kappa shape index (κ3) is 3.80. The quantitative estimate of drug-likeness (QED) is 0.928. The summed E-state index contributed by atoms with van der Waals surface area (Å²) in [5, 5.41) is 8.96. The molecule has 1 aromatic carbocycles. The van der Waals surface area contributed by atoms with Gasteiger partial charge in [-0.3, -0.25) is 9.59 Å². The molecular formula is C14H18BrNO3. The lowest BCUT2D eigenvalue weighted by molar-refractivity contribution is -0.138. The molecule has 0 radical (unpaired) electrons. The van der Waals surface area contributed by atoms with Crippen LogP contribution in [0.1, 0.15) is 36.7 Å². The standard InChI is InChI=1S/C14H18BrNO3/c1-9-6-5-7-10(12(9)15)13(19)16(8-11(17)18)14(2,3)4/h5-7H,8H2,1-4H3,(H,17,18). The molecular weight excluding hydrogens is 310 g/mol. The minimum Gasteiger partial charge on any atom is -0.480 e. The zero-order valence-corrected chi connectivity index (χ0v) is 13.1. The summed E-state index contributed by atoms with van der Waals surface area (Å²) < 4.78 is 0.708. The Bertz CT molecular complexity index is 506. The van der Waals surface area contributed by atoms with E-state index >= 15 is 0 Å². The number of nitrogens with zero attached hydrogens (tertiary/aromatic N) is 1. The van der Waals surface area contributed by atoms with Gasteiger partial charge < -0.3 is 10.0 Å². The molecule has 0 heterocycles. The number of carboxylic acid groups (broad SMARTS) is 1. The first-order chi connectivity index (χ1) is 8.64. The van der Waals surface area contributed by atoms with Gasteiger partial charge in [-0.25, -0.2) is 0 Å². The summed E-state index contributed by atoms with van der Waals surface area (Å²) in [6.07, 6.45) is 0. The van der Waals surface area contributed by atoms with Gasteiger partial charge in [0.1, 0.15) is 6.54 Å². The van der Waals surface area contributed by atoms with Crippen LogP contribution in [0.4, 0.5) is 0 Å². The molecule has 0 unspecified atom stereocenters. The Hall–Kier alpha value is -1.36. The first kappa shape index (κ1) is 15.7. The SMILES string of the molecule is Cc1cccc(C(=O)N(CC(=O)O)C(C)(C)C)c1Br. The number of rotatable bonds is 3. The van der Waals surface area contributed by atoms with E-state index in [2.05, 4.69) is 15.9 Å². The van der Waals surface area contributed by atoms with Crippen LogP contribution < -0.4 is 0 Å². The summed E-state index contributed by atoms with van der Waals surface area (Å²) in [7, 11) is 0. The molecule has 0 fully saturated rings. The predicted molar refractivity (Wildman–Crippen MR) is 77.3 cm³/mol. The van der Waals surface area contributed by atoms with Crippen LogP contribution in [0.5, 0.6) is 0 Å². The fraction of sp³-hybridized carbons (Fsp3) is 0.429. The Morgan fingerprint density at radius 3 is 2.37 bits per heavy atom. The second-order valence-electron chi connectivity index (χ2n) is 5.39. The lowest BCUT2D eigenvalue weighted by Gasteiger charge is -2.34. The average molecular weight is 328 g/mol. The highest BCUT2D eigenvalue weighted by atomic mass is 79.9. The van der Waals surface area contributed by atoms with Crippen LogP contribution in [-0.4, -0.2) is 34.0 Å². The number of aliphatic carboxylic acids is 1. The summed E-state index contributed by atoms with van der Waals surface area (Å²) in [4.78, 5) is 24.8. The Morgan fingerprint density at radius 1 is 1.32 bits per heavy atom. The van der Waals surface area contributed by atoms with Crippen LogP contribution in [0.3, 0.4) is 0 Å². The van der Waals surface area contributed by atoms with E-state index in [1.165, 1.54) is 4.90 Å². The fourth-order valence-corrected chi connectivity index (χ4v) is 2.14. The molecule has 0 aliphatic carbocycles. The van der Waals surface area contributed by atoms with Crippen LogP contribution in [-0.2, 0) is 4.79 Å². The molecule has 1 aromatic rings. The normalized spacial score (nSPS) is 11.2. The maximum Gasteiger partial charge on any atom is 0.323 e. The van der Waals surface area contributed by atoms with Crippen LogP contribution in [0.25, 0.3) is 0 Å². The fourth-order valence-electron chi connectivity index (χ4n) is 1.71. The lowest BCUT2D eigenvalue weighted by atomic mass is 10.0. The molecule has 0 bridgehead atoms. The van der Waals surface area contributed by atoms with Gasteiger partial charge in [-0.15, -0.1) is 0 Å². The van der Waals surface area contributed by atoms with Crippen molar-refractivity contribution in [2.45, 2.75) is 33.2 Å². The third-order valence-corrected chi connectivity index (χ3v) is 3.82. The van der Waals surface area contributed by atoms with Gasteiger partial charge >= 0.3 is 5.97 Å². The highest BCUT2D eigenvalue weighted by Crippen LogP contribution is 2.25. The van der Waals surface area contributed by atoms with Gasteiger partial charge in [0.2, 0.25) is 0 Å². The summed E-state index contributed by atoms with van der Waals surface area (Å²) in [6, 6.07) is 5.37. The van der Waals surface area contributed by atoms with Crippen LogP contribution in [0.2, 0.25) is 0 Å². The van der Waals surface area contributed by atoms with E-state index in [1.54, 1.807) is 12.1 Å². The zero-order valence-electron chi connectivity index (χ0n) is 11.5. The maximum absolute atomic E-state index is 12.5. The molecule has 104 valence electrons. The van der Waals surface area contributed by atoms with Gasteiger partial charge in [-0.1, -0.05) is 12.1 Å². The highest BCUT2D eigenvalue weighted by molar-refractivity contribution is 9.10. The van der Waals surface area contributed by atoms with Crippen molar-refractivity contribution in [3.8, 4) is 0 Å². The van der Waals surface area contributed by atoms with E-state index in [1.807, 2.05) is 33.8 Å². The van der Waals surface area contributed by atoms with Gasteiger partial charge in [-0.2, -0.15) is 0 Å². The van der Waals surface area contributed by atoms with E-state index in [0.29, 0.717) is 10.0 Å². The molecule has 0 spiro atoms. The summed E-state index contributed by atoms with van der Waals surface area (Å²) >= 11 is 3.39. The van der Waals surface area contributed by atoms with Crippen LogP contribution in [0.15, 0.2) is 22.7 Å². The minimum absolute atomic E-state index is 0.287. The monoisotopic (exact) mass is 327 g/mol. The Balaban J connectivity index is 3.20. The van der Waals surface area contributed by atoms with Crippen molar-refractivity contribution in [3.05, 3.63) is 33.8 Å². The highest BCUT2D eigenvalue weighted by Gasteiger charge is 2.30. The van der Waals surface area contributed by atoms with Crippen molar-refractivity contribution in [3.63, 3.8) is 0 Å². The third-order valence-electron chi connectivity index (χ3n) is 2.77. The van der Waals surface area contributed by atoms with Crippen LogP contribution in [0, 0.1) is 6.92 Å². The molecule has 0 aliphatic rings. The molecule has 4 nitrogen and oxygen atoms in total. The van der Waals surface area contributed by atoms with Crippen molar-refractivity contribution < 1.29 is 14.7 Å². The second-order valence-corrected chi connectivity index (χ2v) is 6.19. The maximum atomic E-state index is 12.5. The molecule has 0 saturated carbocycles. The number of carbonyl (C=O) groups is 2. The predicted octanol–water partition coefficient (Wildman–Crippen LogP) is 3.08. The number of halogens is 1. The molecule has 5 heteroatoms. The van der Waals surface area contributed by atoms with E-state index in [9.17, 15) is 9.59 Å². The number of benzene rings is 1. The molecule has 0 saturated heterocycles. The second kappa shape index (κ2) is 5.74. The van der Waals surface area contributed by atoms with E-state index in [4.69, 9.17) is 5.11 Å². The number of aryl methyl sites for hydroxylation is 1. The summed E-state index contributed by atoms with van der Waals surface area (Å²) in [5.41, 5.74) is 0.866. The number of carbonyl (C=O) groups excluding carboxylic acids is 1. The van der Waals surface area contributed by atoms with Gasteiger partial charge in [0.05, 0.1) is 5.56 Å². The molecule has 0 aromatic heterocycles. The Morgan fingerprint density at radius 2 is 1.89 bits per heavy atom. The first-order valence-corrected chi connectivity index (χ1v) is 6.72. The Labute approximate surface area is 121 Å². The topological polar surface area (TPSA) is 57.6 Å². The average Bonchev–Trinajstić information content (AvgIpc) is 2.27. The van der Waals surface area contributed by atoms with Crippen molar-refractivity contribution in [1.82, 2.24) is 4.90 Å². The number of hydrogen-bond acceptors (Lipinski definition) is 2. The van der Waals surface area contributed by atoms with Crippen molar-refractivity contribution >= 4 is 27.8 Å². The molecule has 1 N–H and O–H groups in total. The van der Waals surface area contributed by atoms with Crippen LogP contribution >= 0.6 is 15.9 Å². The largest absolute Gasteiger partial charge is 0.480 e. The van der Waals surface area contributed by atoms with Gasteiger partial charge in [0, 0.05) is 10.0 Å². The molecule has 19 heavy (non-hydrogen) atoms. The van der Waals surface area contributed by atoms with Crippen molar-refractivity contribution in [2.75, 3.05) is 6.54 Å². The van der Waals surface area contributed by atoms with Gasteiger partial charge in [-0.05, 0) is 55.3 Å². The zero-order chi connectivity index (χ0) is 14.8. The van der Waals surface area contributed by atoms with Crippen molar-refractivity contribution in [1.29, 1.82) is 0 Å². The van der Waals surface area contributed by atoms with E-state index in [0.717, 1.165) is 5.56 Å². The van der Waals surface area contributed by atoms with Crippen molar-refractivity contribution in [2.24, 2.45) is 0 Å². The van der Waals surface area contributed by atoms with Gasteiger partial charge in [0.25, 0.3) is 5.91 Å². The van der Waals surface area contributed by atoms with E-state index < -0.39 is 11.5 Å². The number of amides is 1. The summed E-state index contributed by atoms with van der Waals surface area (Å²) in [6.45, 7) is 7.02. The smallest absolute Gasteiger partial charge is 0.323 e. The molecule has 1 rings (SSSR count). The molecule has 1 amide bonds. The molecule has 0 atom stereocenters. The number of carboxylic acids is 1.